The van der Waals surface area contributed by atoms with Crippen LogP contribution < -0.4 is 5.73 Å². The van der Waals surface area contributed by atoms with Crippen molar-refractivity contribution in [3.8, 4) is 11.1 Å². The zero-order valence-corrected chi connectivity index (χ0v) is 9.96. The van der Waals surface area contributed by atoms with Gasteiger partial charge in [-0.15, -0.1) is 0 Å². The number of hydrogen-bond donors (Lipinski definition) is 1. The lowest BCUT2D eigenvalue weighted by atomic mass is 10.0. The van der Waals surface area contributed by atoms with Crippen molar-refractivity contribution >= 4 is 16.9 Å². The summed E-state index contributed by atoms with van der Waals surface area (Å²) in [7, 11) is 0. The minimum atomic E-state index is 0.301. The van der Waals surface area contributed by atoms with Crippen LogP contribution in [0.15, 0.2) is 42.9 Å². The lowest BCUT2D eigenvalue weighted by Gasteiger charge is -2.06. The van der Waals surface area contributed by atoms with Crippen LogP contribution in [0.1, 0.15) is 5.56 Å². The molecule has 0 atom stereocenters. The molecule has 88 valence electrons. The third-order valence-electron chi connectivity index (χ3n) is 2.93. The summed E-state index contributed by atoms with van der Waals surface area (Å²) in [5.74, 6) is 0.301. The molecule has 2 heterocycles. The SMILES string of the molecule is Cc1cnccc1-c1ccc2nc(N)ncc2c1. The van der Waals surface area contributed by atoms with Crippen molar-refractivity contribution in [2.24, 2.45) is 0 Å². The first-order valence-corrected chi connectivity index (χ1v) is 5.67. The van der Waals surface area contributed by atoms with Gasteiger partial charge in [-0.25, -0.2) is 9.97 Å². The Balaban J connectivity index is 2.20. The van der Waals surface area contributed by atoms with E-state index in [0.717, 1.165) is 22.0 Å². The summed E-state index contributed by atoms with van der Waals surface area (Å²) in [4.78, 5) is 12.3. The van der Waals surface area contributed by atoms with Crippen LogP contribution in [0.2, 0.25) is 0 Å². The third-order valence-corrected chi connectivity index (χ3v) is 2.93. The monoisotopic (exact) mass is 236 g/mol. The predicted molar refractivity (Wildman–Crippen MR) is 71.9 cm³/mol. The van der Waals surface area contributed by atoms with Gasteiger partial charge in [0.2, 0.25) is 5.95 Å². The average Bonchev–Trinajstić information content (AvgIpc) is 2.39. The largest absolute Gasteiger partial charge is 0.368 e. The smallest absolute Gasteiger partial charge is 0.220 e. The maximum Gasteiger partial charge on any atom is 0.220 e. The summed E-state index contributed by atoms with van der Waals surface area (Å²) >= 11 is 0. The van der Waals surface area contributed by atoms with Gasteiger partial charge < -0.3 is 5.73 Å². The molecule has 0 spiro atoms. The molecule has 3 rings (SSSR count). The Labute approximate surface area is 105 Å². The summed E-state index contributed by atoms with van der Waals surface area (Å²) in [5.41, 5.74) is 9.88. The molecule has 2 N–H and O–H groups in total. The molecule has 0 unspecified atom stereocenters. The number of nitrogen functional groups attached to an aromatic ring is 1. The summed E-state index contributed by atoms with van der Waals surface area (Å²) in [6.45, 7) is 2.05. The van der Waals surface area contributed by atoms with E-state index in [1.807, 2.05) is 31.3 Å². The quantitative estimate of drug-likeness (QED) is 0.705. The molecule has 0 saturated carbocycles. The number of hydrogen-bond acceptors (Lipinski definition) is 4. The Hall–Kier alpha value is -2.49. The molecule has 0 aliphatic rings. The second-order valence-corrected chi connectivity index (χ2v) is 4.19. The third kappa shape index (κ3) is 1.78. The Bertz CT molecular complexity index is 722. The van der Waals surface area contributed by atoms with Crippen LogP contribution in [0, 0.1) is 6.92 Å². The molecule has 0 bridgehead atoms. The van der Waals surface area contributed by atoms with Crippen molar-refractivity contribution in [2.45, 2.75) is 6.92 Å². The van der Waals surface area contributed by atoms with Gasteiger partial charge in [0.1, 0.15) is 0 Å². The van der Waals surface area contributed by atoms with Gasteiger partial charge in [-0.3, -0.25) is 4.98 Å². The second kappa shape index (κ2) is 4.07. The Morgan fingerprint density at radius 2 is 2.00 bits per heavy atom. The van der Waals surface area contributed by atoms with Crippen molar-refractivity contribution < 1.29 is 0 Å². The van der Waals surface area contributed by atoms with Crippen molar-refractivity contribution in [2.75, 3.05) is 5.73 Å². The Morgan fingerprint density at radius 1 is 1.11 bits per heavy atom. The van der Waals surface area contributed by atoms with E-state index in [4.69, 9.17) is 5.73 Å². The highest BCUT2D eigenvalue weighted by Crippen LogP contribution is 2.25. The van der Waals surface area contributed by atoms with Crippen molar-refractivity contribution in [3.05, 3.63) is 48.4 Å². The lowest BCUT2D eigenvalue weighted by molar-refractivity contribution is 1.24. The van der Waals surface area contributed by atoms with E-state index in [1.165, 1.54) is 5.56 Å². The molecule has 0 aliphatic carbocycles. The van der Waals surface area contributed by atoms with Crippen LogP contribution in [0.25, 0.3) is 22.0 Å². The molecule has 0 amide bonds. The van der Waals surface area contributed by atoms with Gasteiger partial charge >= 0.3 is 0 Å². The molecule has 4 nitrogen and oxygen atoms in total. The maximum atomic E-state index is 5.57. The number of nitrogens with two attached hydrogens (primary N) is 1. The summed E-state index contributed by atoms with van der Waals surface area (Å²) in [6.07, 6.45) is 5.41. The van der Waals surface area contributed by atoms with E-state index in [1.54, 1.807) is 12.4 Å². The van der Waals surface area contributed by atoms with Crippen LogP contribution in [0.5, 0.6) is 0 Å². The molecule has 1 aromatic carbocycles. The van der Waals surface area contributed by atoms with Gasteiger partial charge in [0.15, 0.2) is 0 Å². The van der Waals surface area contributed by atoms with Gasteiger partial charge in [0.05, 0.1) is 5.52 Å². The number of aryl methyl sites for hydroxylation is 1. The number of rotatable bonds is 1. The second-order valence-electron chi connectivity index (χ2n) is 4.19. The summed E-state index contributed by atoms with van der Waals surface area (Å²) < 4.78 is 0. The van der Waals surface area contributed by atoms with Gasteiger partial charge in [0.25, 0.3) is 0 Å². The molecular formula is C14H12N4. The normalized spacial score (nSPS) is 10.7. The van der Waals surface area contributed by atoms with Crippen molar-refractivity contribution in [1.29, 1.82) is 0 Å². The molecule has 3 aromatic rings. The molecule has 0 saturated heterocycles. The molecule has 0 fully saturated rings. The van der Waals surface area contributed by atoms with Crippen LogP contribution in [0.4, 0.5) is 5.95 Å². The highest BCUT2D eigenvalue weighted by molar-refractivity contribution is 5.84. The number of nitrogens with zero attached hydrogens (tertiary/aromatic N) is 3. The molecule has 0 aliphatic heterocycles. The first kappa shape index (κ1) is 10.7. The Kier molecular flexibility index (Phi) is 2.41. The van der Waals surface area contributed by atoms with Crippen LogP contribution in [0.3, 0.4) is 0 Å². The van der Waals surface area contributed by atoms with E-state index in [2.05, 4.69) is 21.0 Å². The zero-order chi connectivity index (χ0) is 12.5. The Morgan fingerprint density at radius 3 is 2.83 bits per heavy atom. The predicted octanol–water partition coefficient (Wildman–Crippen LogP) is 2.58. The summed E-state index contributed by atoms with van der Waals surface area (Å²) in [6, 6.07) is 8.07. The first-order valence-electron chi connectivity index (χ1n) is 5.67. The van der Waals surface area contributed by atoms with Gasteiger partial charge in [0, 0.05) is 24.0 Å². The number of pyridine rings is 1. The van der Waals surface area contributed by atoms with E-state index in [-0.39, 0.29) is 0 Å². The van der Waals surface area contributed by atoms with Gasteiger partial charge in [-0.2, -0.15) is 0 Å². The summed E-state index contributed by atoms with van der Waals surface area (Å²) in [5, 5.41) is 0.984. The minimum Gasteiger partial charge on any atom is -0.368 e. The fourth-order valence-electron chi connectivity index (χ4n) is 2.01. The number of fused-ring (bicyclic) bond motifs is 1. The molecule has 4 heteroatoms. The van der Waals surface area contributed by atoms with Crippen LogP contribution in [-0.4, -0.2) is 15.0 Å². The number of aromatic nitrogens is 3. The van der Waals surface area contributed by atoms with Crippen LogP contribution >= 0.6 is 0 Å². The highest BCUT2D eigenvalue weighted by Gasteiger charge is 2.04. The number of benzene rings is 1. The van der Waals surface area contributed by atoms with Crippen molar-refractivity contribution in [1.82, 2.24) is 15.0 Å². The van der Waals surface area contributed by atoms with Gasteiger partial charge in [-0.05, 0) is 41.8 Å². The average molecular weight is 236 g/mol. The lowest BCUT2D eigenvalue weighted by Crippen LogP contribution is -1.94. The van der Waals surface area contributed by atoms with E-state index >= 15 is 0 Å². The van der Waals surface area contributed by atoms with Crippen LogP contribution in [-0.2, 0) is 0 Å². The fraction of sp³-hybridized carbons (Fsp3) is 0.0714. The molecule has 2 aromatic heterocycles. The van der Waals surface area contributed by atoms with E-state index in [0.29, 0.717) is 5.95 Å². The van der Waals surface area contributed by atoms with Gasteiger partial charge in [-0.1, -0.05) is 6.07 Å². The van der Waals surface area contributed by atoms with E-state index in [9.17, 15) is 0 Å². The number of anilines is 1. The maximum absolute atomic E-state index is 5.57. The van der Waals surface area contributed by atoms with E-state index < -0.39 is 0 Å². The standard InChI is InChI=1S/C14H12N4/c1-9-7-16-5-4-12(9)10-2-3-13-11(6-10)8-17-14(15)18-13/h2-8H,1H3,(H2,15,17,18). The minimum absolute atomic E-state index is 0.301. The first-order chi connectivity index (χ1) is 8.74. The molecular weight excluding hydrogens is 224 g/mol. The zero-order valence-electron chi connectivity index (χ0n) is 9.96. The fourth-order valence-corrected chi connectivity index (χ4v) is 2.01. The molecule has 0 radical (unpaired) electrons. The topological polar surface area (TPSA) is 64.7 Å². The highest BCUT2D eigenvalue weighted by atomic mass is 15.0. The van der Waals surface area contributed by atoms with Crippen molar-refractivity contribution in [3.63, 3.8) is 0 Å². The molecule has 18 heavy (non-hydrogen) atoms.